The van der Waals surface area contributed by atoms with Crippen LogP contribution in [0.25, 0.3) is 0 Å². The summed E-state index contributed by atoms with van der Waals surface area (Å²) in [6.07, 6.45) is 12.4. The van der Waals surface area contributed by atoms with Crippen LogP contribution < -0.4 is 0 Å². The lowest BCUT2D eigenvalue weighted by Crippen LogP contribution is -2.51. The second kappa shape index (κ2) is 4.93. The number of hydrogen-bond donors (Lipinski definition) is 0. The predicted molar refractivity (Wildman–Crippen MR) is 82.7 cm³/mol. The summed E-state index contributed by atoms with van der Waals surface area (Å²) in [4.78, 5) is 17.4. The van der Waals surface area contributed by atoms with Gasteiger partial charge in [-0.05, 0) is 74.3 Å². The molecule has 2 nitrogen and oxygen atoms in total. The second-order valence-corrected chi connectivity index (χ2v) is 8.03. The van der Waals surface area contributed by atoms with Crippen molar-refractivity contribution in [3.8, 4) is 0 Å². The second-order valence-electron chi connectivity index (χ2n) is 8.03. The Morgan fingerprint density at radius 1 is 1.24 bits per heavy atom. The van der Waals surface area contributed by atoms with E-state index in [9.17, 15) is 4.79 Å². The maximum Gasteiger partial charge on any atom is 0.142 e. The summed E-state index contributed by atoms with van der Waals surface area (Å²) in [5.41, 5.74) is 1.25. The van der Waals surface area contributed by atoms with Crippen LogP contribution in [0.15, 0.2) is 24.5 Å². The molecule has 0 N–H and O–H groups in total. The number of nitrogens with zero attached hydrogens (tertiary/aromatic N) is 1. The van der Waals surface area contributed by atoms with E-state index in [4.69, 9.17) is 0 Å². The summed E-state index contributed by atoms with van der Waals surface area (Å²) < 4.78 is 0. The van der Waals surface area contributed by atoms with E-state index in [2.05, 4.69) is 18.0 Å². The van der Waals surface area contributed by atoms with Crippen LogP contribution in [-0.2, 0) is 11.2 Å². The van der Waals surface area contributed by atoms with Crippen LogP contribution >= 0.6 is 0 Å². The molecule has 4 fully saturated rings. The monoisotopic (exact) mass is 283 g/mol. The predicted octanol–water partition coefficient (Wildman–Crippen LogP) is 4.05. The molecule has 0 spiro atoms. The lowest BCUT2D eigenvalue weighted by Gasteiger charge is -2.56. The van der Waals surface area contributed by atoms with Crippen LogP contribution in [-0.4, -0.2) is 10.8 Å². The van der Waals surface area contributed by atoms with Crippen LogP contribution in [0, 0.1) is 29.1 Å². The molecule has 1 atom stereocenters. The average Bonchev–Trinajstić information content (AvgIpc) is 2.46. The fourth-order valence-electron chi connectivity index (χ4n) is 5.90. The van der Waals surface area contributed by atoms with Crippen LogP contribution in [0.3, 0.4) is 0 Å². The number of pyridine rings is 1. The zero-order valence-corrected chi connectivity index (χ0v) is 12.9. The van der Waals surface area contributed by atoms with E-state index in [1.165, 1.54) is 44.1 Å². The number of hydrogen-bond acceptors (Lipinski definition) is 2. The quantitative estimate of drug-likeness (QED) is 0.834. The van der Waals surface area contributed by atoms with Gasteiger partial charge in [-0.25, -0.2) is 0 Å². The number of carbonyl (C=O) groups is 1. The van der Waals surface area contributed by atoms with Crippen LogP contribution in [0.4, 0.5) is 0 Å². The van der Waals surface area contributed by atoms with Gasteiger partial charge in [0, 0.05) is 23.7 Å². The van der Waals surface area contributed by atoms with E-state index >= 15 is 0 Å². The van der Waals surface area contributed by atoms with Gasteiger partial charge < -0.3 is 0 Å². The van der Waals surface area contributed by atoms with E-state index < -0.39 is 0 Å². The Balaban J connectivity index is 1.51. The summed E-state index contributed by atoms with van der Waals surface area (Å²) in [5, 5.41) is 0. The van der Waals surface area contributed by atoms with Crippen molar-refractivity contribution in [2.75, 3.05) is 0 Å². The molecule has 0 amide bonds. The Morgan fingerprint density at radius 2 is 1.86 bits per heavy atom. The summed E-state index contributed by atoms with van der Waals surface area (Å²) in [7, 11) is 0. The van der Waals surface area contributed by atoms with Gasteiger partial charge in [0.2, 0.25) is 0 Å². The average molecular weight is 283 g/mol. The van der Waals surface area contributed by atoms with Gasteiger partial charge in [0.25, 0.3) is 0 Å². The maximum absolute atomic E-state index is 13.2. The maximum atomic E-state index is 13.2. The molecule has 21 heavy (non-hydrogen) atoms. The first kappa shape index (κ1) is 13.5. The SMILES string of the molecule is CC(Cc1cccnc1)C(=O)C12CC3CC(CC(C3)C1)C2. The van der Waals surface area contributed by atoms with Crippen molar-refractivity contribution in [1.82, 2.24) is 4.98 Å². The van der Waals surface area contributed by atoms with Gasteiger partial charge in [0.05, 0.1) is 0 Å². The Hall–Kier alpha value is -1.18. The van der Waals surface area contributed by atoms with Gasteiger partial charge in [0.1, 0.15) is 5.78 Å². The Bertz CT molecular complexity index is 500. The molecule has 1 unspecified atom stereocenters. The van der Waals surface area contributed by atoms with Crippen molar-refractivity contribution >= 4 is 5.78 Å². The van der Waals surface area contributed by atoms with Crippen molar-refractivity contribution in [2.24, 2.45) is 29.1 Å². The van der Waals surface area contributed by atoms with Crippen LogP contribution in [0.2, 0.25) is 0 Å². The normalized spacial score (nSPS) is 38.4. The van der Waals surface area contributed by atoms with E-state index in [0.717, 1.165) is 24.2 Å². The Kier molecular flexibility index (Phi) is 3.16. The van der Waals surface area contributed by atoms with Crippen molar-refractivity contribution in [3.63, 3.8) is 0 Å². The first-order valence-corrected chi connectivity index (χ1v) is 8.58. The topological polar surface area (TPSA) is 30.0 Å². The highest BCUT2D eigenvalue weighted by Crippen LogP contribution is 2.60. The van der Waals surface area contributed by atoms with Gasteiger partial charge in [-0.2, -0.15) is 0 Å². The molecule has 4 saturated carbocycles. The molecular formula is C19H25NO. The van der Waals surface area contributed by atoms with Gasteiger partial charge in [-0.3, -0.25) is 9.78 Å². The summed E-state index contributed by atoms with van der Waals surface area (Å²) >= 11 is 0. The third-order valence-corrected chi connectivity index (χ3v) is 6.27. The van der Waals surface area contributed by atoms with E-state index in [-0.39, 0.29) is 11.3 Å². The minimum absolute atomic E-state index is 0.0520. The van der Waals surface area contributed by atoms with Gasteiger partial charge in [0.15, 0.2) is 0 Å². The number of Topliss-reactive ketones (excluding diaryl/α,β-unsaturated/α-hetero) is 1. The molecule has 112 valence electrons. The first-order valence-electron chi connectivity index (χ1n) is 8.58. The van der Waals surface area contributed by atoms with E-state index in [0.29, 0.717) is 5.78 Å². The zero-order chi connectivity index (χ0) is 14.4. The molecule has 0 aliphatic heterocycles. The minimum Gasteiger partial charge on any atom is -0.299 e. The third kappa shape index (κ3) is 2.33. The molecule has 1 aromatic heterocycles. The number of aromatic nitrogens is 1. The Labute approximate surface area is 127 Å². The fraction of sp³-hybridized carbons (Fsp3) is 0.684. The van der Waals surface area contributed by atoms with E-state index in [1.807, 2.05) is 12.3 Å². The third-order valence-electron chi connectivity index (χ3n) is 6.27. The molecule has 4 bridgehead atoms. The van der Waals surface area contributed by atoms with Gasteiger partial charge in [-0.1, -0.05) is 13.0 Å². The number of ketones is 1. The number of carbonyl (C=O) groups excluding carboxylic acids is 1. The van der Waals surface area contributed by atoms with Crippen molar-refractivity contribution in [2.45, 2.75) is 51.9 Å². The molecule has 1 heterocycles. The van der Waals surface area contributed by atoms with E-state index in [1.54, 1.807) is 6.20 Å². The van der Waals surface area contributed by atoms with Gasteiger partial charge >= 0.3 is 0 Å². The zero-order valence-electron chi connectivity index (χ0n) is 12.9. The Morgan fingerprint density at radius 3 is 2.38 bits per heavy atom. The largest absolute Gasteiger partial charge is 0.299 e. The lowest BCUT2D eigenvalue weighted by atomic mass is 9.47. The summed E-state index contributed by atoms with van der Waals surface area (Å²) in [6.45, 7) is 2.13. The molecule has 4 aliphatic carbocycles. The standard InChI is InChI=1S/C19H25NO/c1-13(5-14-3-2-4-20-12-14)18(21)19-9-15-6-16(10-19)8-17(7-15)11-19/h2-4,12-13,15-17H,5-11H2,1H3. The highest BCUT2D eigenvalue weighted by Gasteiger charge is 2.54. The van der Waals surface area contributed by atoms with Gasteiger partial charge in [-0.15, -0.1) is 0 Å². The molecule has 2 heteroatoms. The highest BCUT2D eigenvalue weighted by atomic mass is 16.1. The molecule has 4 aliphatic rings. The van der Waals surface area contributed by atoms with Crippen molar-refractivity contribution in [1.29, 1.82) is 0 Å². The summed E-state index contributed by atoms with van der Waals surface area (Å²) in [5.74, 6) is 3.26. The minimum atomic E-state index is 0.0520. The number of rotatable bonds is 4. The molecule has 1 aromatic rings. The lowest BCUT2D eigenvalue weighted by molar-refractivity contribution is -0.147. The van der Waals surface area contributed by atoms with Crippen molar-refractivity contribution in [3.05, 3.63) is 30.1 Å². The smallest absolute Gasteiger partial charge is 0.142 e. The molecule has 0 saturated heterocycles. The molecule has 0 aromatic carbocycles. The molecule has 5 rings (SSSR count). The van der Waals surface area contributed by atoms with Crippen molar-refractivity contribution < 1.29 is 4.79 Å². The fourth-order valence-corrected chi connectivity index (χ4v) is 5.90. The van der Waals surface area contributed by atoms with Crippen LogP contribution in [0.5, 0.6) is 0 Å². The molecular weight excluding hydrogens is 258 g/mol. The highest BCUT2D eigenvalue weighted by molar-refractivity contribution is 5.87. The molecule has 0 radical (unpaired) electrons. The first-order chi connectivity index (χ1) is 10.1. The summed E-state index contributed by atoms with van der Waals surface area (Å²) in [6, 6.07) is 4.06. The van der Waals surface area contributed by atoms with Crippen LogP contribution in [0.1, 0.15) is 51.0 Å².